The molecule has 23 heavy (non-hydrogen) atoms. The number of benzene rings is 2. The van der Waals surface area contributed by atoms with E-state index < -0.39 is 18.0 Å². The molecular formula is C17H14N2O4. The third kappa shape index (κ3) is 4.15. The van der Waals surface area contributed by atoms with Crippen LogP contribution in [0.25, 0.3) is 0 Å². The molecule has 0 unspecified atom stereocenters. The summed E-state index contributed by atoms with van der Waals surface area (Å²) in [5, 5.41) is 17.9. The molecule has 6 nitrogen and oxygen atoms in total. The first-order valence-electron chi connectivity index (χ1n) is 6.80. The van der Waals surface area contributed by atoms with Gasteiger partial charge in [0.1, 0.15) is 17.9 Å². The Balaban J connectivity index is 2.24. The molecule has 1 atom stereocenters. The second-order valence-corrected chi connectivity index (χ2v) is 4.85. The zero-order chi connectivity index (χ0) is 16.8. The van der Waals surface area contributed by atoms with Crippen molar-refractivity contribution in [3.8, 4) is 11.8 Å². The van der Waals surface area contributed by atoms with Crippen molar-refractivity contribution in [2.75, 3.05) is 0 Å². The Morgan fingerprint density at radius 2 is 1.91 bits per heavy atom. The van der Waals surface area contributed by atoms with Gasteiger partial charge in [-0.15, -0.1) is 0 Å². The number of carbonyl (C=O) groups excluding carboxylic acids is 1. The number of ether oxygens (including phenoxy) is 1. The number of carboxylic acids is 1. The normalized spacial score (nSPS) is 11.3. The van der Waals surface area contributed by atoms with Gasteiger partial charge in [0.25, 0.3) is 0 Å². The summed E-state index contributed by atoms with van der Waals surface area (Å²) in [6.45, 7) is 0. The largest absolute Gasteiger partial charge is 0.480 e. The number of hydrogen-bond donors (Lipinski definition) is 2. The zero-order valence-corrected chi connectivity index (χ0v) is 12.1. The summed E-state index contributed by atoms with van der Waals surface area (Å²) in [6.07, 6.45) is 0.0664. The van der Waals surface area contributed by atoms with E-state index in [1.807, 2.05) is 6.07 Å². The maximum atomic E-state index is 12.1. The average Bonchev–Trinajstić information content (AvgIpc) is 2.55. The Morgan fingerprint density at radius 3 is 2.52 bits per heavy atom. The summed E-state index contributed by atoms with van der Waals surface area (Å²) < 4.78 is 5.26. The Bertz CT molecular complexity index is 766. The summed E-state index contributed by atoms with van der Waals surface area (Å²) >= 11 is 0. The maximum Gasteiger partial charge on any atom is 0.343 e. The van der Waals surface area contributed by atoms with Gasteiger partial charge in [0.05, 0.1) is 11.1 Å². The van der Waals surface area contributed by atoms with E-state index in [9.17, 15) is 9.59 Å². The first-order valence-corrected chi connectivity index (χ1v) is 6.80. The van der Waals surface area contributed by atoms with Gasteiger partial charge in [-0.1, -0.05) is 24.3 Å². The van der Waals surface area contributed by atoms with E-state index in [-0.39, 0.29) is 17.7 Å². The van der Waals surface area contributed by atoms with Crippen molar-refractivity contribution in [1.29, 1.82) is 5.26 Å². The van der Waals surface area contributed by atoms with Gasteiger partial charge in [-0.05, 0) is 36.2 Å². The van der Waals surface area contributed by atoms with Crippen molar-refractivity contribution in [2.24, 2.45) is 5.73 Å². The topological polar surface area (TPSA) is 113 Å². The van der Waals surface area contributed by atoms with E-state index in [4.69, 9.17) is 20.8 Å². The first kappa shape index (κ1) is 16.2. The van der Waals surface area contributed by atoms with Crippen molar-refractivity contribution in [2.45, 2.75) is 12.5 Å². The molecule has 0 fully saturated rings. The lowest BCUT2D eigenvalue weighted by Crippen LogP contribution is -2.32. The van der Waals surface area contributed by atoms with Gasteiger partial charge in [0.2, 0.25) is 0 Å². The van der Waals surface area contributed by atoms with Crippen molar-refractivity contribution in [1.82, 2.24) is 0 Å². The molecule has 0 aromatic heterocycles. The number of nitriles is 1. The van der Waals surface area contributed by atoms with E-state index in [2.05, 4.69) is 0 Å². The maximum absolute atomic E-state index is 12.1. The number of rotatable bonds is 5. The molecule has 0 heterocycles. The molecular weight excluding hydrogens is 296 g/mol. The molecule has 3 N–H and O–H groups in total. The van der Waals surface area contributed by atoms with Crippen molar-refractivity contribution in [3.05, 3.63) is 65.2 Å². The lowest BCUT2D eigenvalue weighted by Gasteiger charge is -2.10. The van der Waals surface area contributed by atoms with Gasteiger partial charge in [0, 0.05) is 0 Å². The number of hydrogen-bond acceptors (Lipinski definition) is 5. The molecule has 0 saturated heterocycles. The van der Waals surface area contributed by atoms with Crippen LogP contribution in [0.4, 0.5) is 0 Å². The summed E-state index contributed by atoms with van der Waals surface area (Å²) in [5.41, 5.74) is 6.59. The molecule has 0 spiro atoms. The lowest BCUT2D eigenvalue weighted by molar-refractivity contribution is -0.138. The third-order valence-corrected chi connectivity index (χ3v) is 3.15. The fourth-order valence-corrected chi connectivity index (χ4v) is 1.94. The van der Waals surface area contributed by atoms with Crippen LogP contribution >= 0.6 is 0 Å². The predicted octanol–water partition coefficient (Wildman–Crippen LogP) is 1.73. The monoisotopic (exact) mass is 310 g/mol. The number of carboxylic acid groups (broad SMARTS) is 1. The molecule has 2 rings (SSSR count). The van der Waals surface area contributed by atoms with Crippen molar-refractivity contribution in [3.63, 3.8) is 0 Å². The smallest absolute Gasteiger partial charge is 0.343 e. The van der Waals surface area contributed by atoms with E-state index in [1.54, 1.807) is 36.4 Å². The Hall–Kier alpha value is -3.17. The summed E-state index contributed by atoms with van der Waals surface area (Å²) in [4.78, 5) is 22.9. The van der Waals surface area contributed by atoms with Gasteiger partial charge >= 0.3 is 11.9 Å². The molecule has 0 radical (unpaired) electrons. The fraction of sp³-hybridized carbons (Fsp3) is 0.118. The first-order chi connectivity index (χ1) is 11.0. The van der Waals surface area contributed by atoms with Crippen molar-refractivity contribution < 1.29 is 19.4 Å². The number of esters is 1. The third-order valence-electron chi connectivity index (χ3n) is 3.15. The van der Waals surface area contributed by atoms with Gasteiger partial charge in [-0.2, -0.15) is 5.26 Å². The Kier molecular flexibility index (Phi) is 5.07. The molecule has 2 aromatic carbocycles. The molecule has 0 bridgehead atoms. The van der Waals surface area contributed by atoms with Crippen LogP contribution in [0.3, 0.4) is 0 Å². The highest BCUT2D eigenvalue weighted by molar-refractivity contribution is 5.91. The van der Waals surface area contributed by atoms with Crippen LogP contribution in [0.1, 0.15) is 21.5 Å². The molecule has 2 aromatic rings. The number of aliphatic carboxylic acids is 1. The lowest BCUT2D eigenvalue weighted by atomic mass is 10.0. The minimum absolute atomic E-state index is 0.0664. The van der Waals surface area contributed by atoms with Crippen LogP contribution in [-0.2, 0) is 11.2 Å². The standard InChI is InChI=1S/C17H14N2O4/c18-10-13-7-6-11(8-14(19)16(20)21)9-15(13)23-17(22)12-4-2-1-3-5-12/h1-7,9,14H,8,19H2,(H,20,21)/t14-/m0/s1. The van der Waals surface area contributed by atoms with Gasteiger partial charge in [-0.25, -0.2) is 4.79 Å². The summed E-state index contributed by atoms with van der Waals surface area (Å²) in [6, 6.07) is 13.7. The molecule has 116 valence electrons. The highest BCUT2D eigenvalue weighted by Gasteiger charge is 2.16. The predicted molar refractivity (Wildman–Crippen MR) is 81.9 cm³/mol. The van der Waals surface area contributed by atoms with Crippen LogP contribution in [0.15, 0.2) is 48.5 Å². The molecule has 0 aliphatic carbocycles. The molecule has 0 saturated carbocycles. The van der Waals surface area contributed by atoms with E-state index in [0.29, 0.717) is 11.1 Å². The van der Waals surface area contributed by atoms with Gasteiger partial charge < -0.3 is 15.6 Å². The average molecular weight is 310 g/mol. The molecule has 0 aliphatic rings. The highest BCUT2D eigenvalue weighted by atomic mass is 16.5. The van der Waals surface area contributed by atoms with Crippen LogP contribution in [0.5, 0.6) is 5.75 Å². The Labute approximate surface area is 132 Å². The summed E-state index contributed by atoms with van der Waals surface area (Å²) in [5.74, 6) is -1.64. The van der Waals surface area contributed by atoms with Crippen LogP contribution in [-0.4, -0.2) is 23.1 Å². The quantitative estimate of drug-likeness (QED) is 0.642. The van der Waals surface area contributed by atoms with Gasteiger partial charge in [-0.3, -0.25) is 4.79 Å². The summed E-state index contributed by atoms with van der Waals surface area (Å²) in [7, 11) is 0. The number of nitrogens with two attached hydrogens (primary N) is 1. The SMILES string of the molecule is N#Cc1ccc(C[C@H](N)C(=O)O)cc1OC(=O)c1ccccc1. The van der Waals surface area contributed by atoms with Crippen LogP contribution in [0.2, 0.25) is 0 Å². The second kappa shape index (κ2) is 7.20. The van der Waals surface area contributed by atoms with Crippen molar-refractivity contribution >= 4 is 11.9 Å². The van der Waals surface area contributed by atoms with E-state index >= 15 is 0 Å². The van der Waals surface area contributed by atoms with Crippen LogP contribution in [0, 0.1) is 11.3 Å². The highest BCUT2D eigenvalue weighted by Crippen LogP contribution is 2.22. The molecule has 0 amide bonds. The van der Waals surface area contributed by atoms with Crippen LogP contribution < -0.4 is 10.5 Å². The minimum Gasteiger partial charge on any atom is -0.480 e. The minimum atomic E-state index is -1.13. The second-order valence-electron chi connectivity index (χ2n) is 4.85. The number of nitrogens with zero attached hydrogens (tertiary/aromatic N) is 1. The zero-order valence-electron chi connectivity index (χ0n) is 12.1. The molecule has 6 heteroatoms. The molecule has 0 aliphatic heterocycles. The van der Waals surface area contributed by atoms with Gasteiger partial charge in [0.15, 0.2) is 0 Å². The fourth-order valence-electron chi connectivity index (χ4n) is 1.94. The van der Waals surface area contributed by atoms with E-state index in [0.717, 1.165) is 0 Å². The Morgan fingerprint density at radius 1 is 1.22 bits per heavy atom. The number of carbonyl (C=O) groups is 2. The van der Waals surface area contributed by atoms with E-state index in [1.165, 1.54) is 12.1 Å².